The molecular weight excluding hydrogens is 260 g/mol. The minimum atomic E-state index is -0.853. The van der Waals surface area contributed by atoms with E-state index in [1.54, 1.807) is 12.1 Å². The van der Waals surface area contributed by atoms with E-state index in [2.05, 4.69) is 0 Å². The molecule has 0 amide bonds. The molecule has 1 aliphatic rings. The molecule has 0 atom stereocenters. The molecule has 2 aromatic carbocycles. The topological polar surface area (TPSA) is 37.3 Å². The van der Waals surface area contributed by atoms with Crippen LogP contribution >= 0.6 is 11.6 Å². The van der Waals surface area contributed by atoms with E-state index in [1.165, 1.54) is 0 Å². The van der Waals surface area contributed by atoms with Crippen LogP contribution in [0.15, 0.2) is 48.5 Å². The van der Waals surface area contributed by atoms with E-state index in [1.807, 2.05) is 36.4 Å². The lowest BCUT2D eigenvalue weighted by Crippen LogP contribution is -2.36. The van der Waals surface area contributed by atoms with Crippen molar-refractivity contribution < 1.29 is 9.90 Å². The summed E-state index contributed by atoms with van der Waals surface area (Å²) in [5.41, 5.74) is 2.22. The maximum absolute atomic E-state index is 11.8. The zero-order valence-electron chi connectivity index (χ0n) is 10.3. The molecule has 0 saturated carbocycles. The van der Waals surface area contributed by atoms with Gasteiger partial charge in [0.05, 0.1) is 0 Å². The largest absolute Gasteiger partial charge is 0.481 e. The first-order valence-electron chi connectivity index (χ1n) is 6.18. The molecule has 0 fully saturated rings. The molecule has 19 heavy (non-hydrogen) atoms. The third kappa shape index (κ3) is 1.92. The number of hydrogen-bond acceptors (Lipinski definition) is 1. The second kappa shape index (κ2) is 4.39. The average molecular weight is 273 g/mol. The fraction of sp³-hybridized carbons (Fsp3) is 0.188. The monoisotopic (exact) mass is 272 g/mol. The number of carbonyl (C=O) groups is 1. The van der Waals surface area contributed by atoms with Gasteiger partial charge in [-0.1, -0.05) is 48.0 Å². The summed E-state index contributed by atoms with van der Waals surface area (Å²) in [4.78, 5) is 11.8. The highest BCUT2D eigenvalue weighted by Crippen LogP contribution is 2.40. The second-order valence-electron chi connectivity index (χ2n) is 5.02. The lowest BCUT2D eigenvalue weighted by Gasteiger charge is -2.24. The molecule has 3 heteroatoms. The third-order valence-corrected chi connectivity index (χ3v) is 4.16. The standard InChI is InChI=1S/C16H13ClO2/c17-14-7-5-13(6-8-14)16(15(18)19)9-11-3-1-2-4-12(11)10-16/h1-8H,9-10H2,(H,18,19). The Hall–Kier alpha value is -1.80. The van der Waals surface area contributed by atoms with Gasteiger partial charge in [-0.3, -0.25) is 4.79 Å². The Morgan fingerprint density at radius 1 is 1.00 bits per heavy atom. The average Bonchev–Trinajstić information content (AvgIpc) is 2.80. The van der Waals surface area contributed by atoms with Crippen LogP contribution in [0.2, 0.25) is 5.02 Å². The smallest absolute Gasteiger partial charge is 0.314 e. The number of carboxylic acids is 1. The van der Waals surface area contributed by atoms with Gasteiger partial charge in [0, 0.05) is 5.02 Å². The Labute approximate surface area is 116 Å². The highest BCUT2D eigenvalue weighted by atomic mass is 35.5. The maximum atomic E-state index is 11.8. The van der Waals surface area contributed by atoms with Gasteiger partial charge in [0.1, 0.15) is 5.41 Å². The SMILES string of the molecule is O=C(O)C1(c2ccc(Cl)cc2)Cc2ccccc2C1. The van der Waals surface area contributed by atoms with Gasteiger partial charge in [0.15, 0.2) is 0 Å². The van der Waals surface area contributed by atoms with Crippen molar-refractivity contribution in [2.24, 2.45) is 0 Å². The number of hydrogen-bond donors (Lipinski definition) is 1. The molecule has 0 bridgehead atoms. The second-order valence-corrected chi connectivity index (χ2v) is 5.45. The van der Waals surface area contributed by atoms with Crippen LogP contribution < -0.4 is 0 Å². The Morgan fingerprint density at radius 2 is 1.53 bits per heavy atom. The van der Waals surface area contributed by atoms with E-state index in [9.17, 15) is 9.90 Å². The predicted octanol–water partition coefficient (Wildman–Crippen LogP) is 3.46. The van der Waals surface area contributed by atoms with E-state index >= 15 is 0 Å². The minimum Gasteiger partial charge on any atom is -0.481 e. The lowest BCUT2D eigenvalue weighted by atomic mass is 9.78. The van der Waals surface area contributed by atoms with E-state index in [0.29, 0.717) is 17.9 Å². The molecule has 0 unspecified atom stereocenters. The number of carboxylic acid groups (broad SMARTS) is 1. The summed E-state index contributed by atoms with van der Waals surface area (Å²) < 4.78 is 0. The molecule has 0 heterocycles. The quantitative estimate of drug-likeness (QED) is 0.909. The summed E-state index contributed by atoms with van der Waals surface area (Å²) in [6.45, 7) is 0. The predicted molar refractivity (Wildman–Crippen MR) is 74.6 cm³/mol. The molecule has 2 aromatic rings. The first kappa shape index (κ1) is 12.2. The number of halogens is 1. The summed E-state index contributed by atoms with van der Waals surface area (Å²) >= 11 is 5.89. The van der Waals surface area contributed by atoms with Crippen LogP contribution in [0.25, 0.3) is 0 Å². The third-order valence-electron chi connectivity index (χ3n) is 3.91. The van der Waals surface area contributed by atoms with Crippen molar-refractivity contribution in [1.29, 1.82) is 0 Å². The maximum Gasteiger partial charge on any atom is 0.314 e. The van der Waals surface area contributed by atoms with Crippen molar-refractivity contribution in [3.8, 4) is 0 Å². The van der Waals surface area contributed by atoms with Crippen molar-refractivity contribution in [1.82, 2.24) is 0 Å². The van der Waals surface area contributed by atoms with E-state index in [4.69, 9.17) is 11.6 Å². The Balaban J connectivity index is 2.09. The minimum absolute atomic E-state index is 0.542. The van der Waals surface area contributed by atoms with Crippen molar-refractivity contribution in [2.45, 2.75) is 18.3 Å². The number of rotatable bonds is 2. The van der Waals surface area contributed by atoms with Crippen molar-refractivity contribution >= 4 is 17.6 Å². The fourth-order valence-electron chi connectivity index (χ4n) is 2.86. The molecule has 1 aliphatic carbocycles. The molecule has 3 rings (SSSR count). The molecule has 2 nitrogen and oxygen atoms in total. The summed E-state index contributed by atoms with van der Waals surface area (Å²) in [6.07, 6.45) is 1.08. The summed E-state index contributed by atoms with van der Waals surface area (Å²) in [6, 6.07) is 15.1. The summed E-state index contributed by atoms with van der Waals surface area (Å²) in [5, 5.41) is 10.4. The van der Waals surface area contributed by atoms with Crippen LogP contribution in [0.5, 0.6) is 0 Å². The molecule has 0 aromatic heterocycles. The summed E-state index contributed by atoms with van der Waals surface area (Å²) in [7, 11) is 0. The lowest BCUT2D eigenvalue weighted by molar-refractivity contribution is -0.143. The van der Waals surface area contributed by atoms with Crippen molar-refractivity contribution in [3.63, 3.8) is 0 Å². The van der Waals surface area contributed by atoms with Gasteiger partial charge in [-0.05, 0) is 41.7 Å². The first-order valence-corrected chi connectivity index (χ1v) is 6.56. The zero-order chi connectivity index (χ0) is 13.5. The van der Waals surface area contributed by atoms with Crippen LogP contribution in [-0.2, 0) is 23.1 Å². The van der Waals surface area contributed by atoms with Crippen molar-refractivity contribution in [2.75, 3.05) is 0 Å². The summed E-state index contributed by atoms with van der Waals surface area (Å²) in [5.74, 6) is -0.772. The van der Waals surface area contributed by atoms with Gasteiger partial charge < -0.3 is 5.11 Å². The van der Waals surface area contributed by atoms with Gasteiger partial charge in [-0.2, -0.15) is 0 Å². The highest BCUT2D eigenvalue weighted by molar-refractivity contribution is 6.30. The Kier molecular flexibility index (Phi) is 2.83. The highest BCUT2D eigenvalue weighted by Gasteiger charge is 2.45. The van der Waals surface area contributed by atoms with Gasteiger partial charge in [-0.25, -0.2) is 0 Å². The molecule has 96 valence electrons. The van der Waals surface area contributed by atoms with Crippen molar-refractivity contribution in [3.05, 3.63) is 70.2 Å². The van der Waals surface area contributed by atoms with Crippen LogP contribution in [0.1, 0.15) is 16.7 Å². The molecule has 1 N–H and O–H groups in total. The molecule has 0 spiro atoms. The van der Waals surface area contributed by atoms with Gasteiger partial charge in [0.25, 0.3) is 0 Å². The van der Waals surface area contributed by atoms with Gasteiger partial charge in [0.2, 0.25) is 0 Å². The van der Waals surface area contributed by atoms with Gasteiger partial charge in [-0.15, -0.1) is 0 Å². The first-order chi connectivity index (χ1) is 9.12. The molecule has 0 saturated heterocycles. The van der Waals surface area contributed by atoms with Crippen LogP contribution in [0.3, 0.4) is 0 Å². The van der Waals surface area contributed by atoms with Gasteiger partial charge >= 0.3 is 5.97 Å². The Morgan fingerprint density at radius 3 is 2.00 bits per heavy atom. The van der Waals surface area contributed by atoms with E-state index in [0.717, 1.165) is 16.7 Å². The number of benzene rings is 2. The number of aliphatic carboxylic acids is 1. The molecule has 0 radical (unpaired) electrons. The zero-order valence-corrected chi connectivity index (χ0v) is 11.0. The van der Waals surface area contributed by atoms with Crippen LogP contribution in [0, 0.1) is 0 Å². The van der Waals surface area contributed by atoms with E-state index in [-0.39, 0.29) is 0 Å². The fourth-order valence-corrected chi connectivity index (χ4v) is 2.99. The number of fused-ring (bicyclic) bond motifs is 1. The van der Waals surface area contributed by atoms with Crippen LogP contribution in [0.4, 0.5) is 0 Å². The Bertz CT molecular complexity index is 606. The normalized spacial score (nSPS) is 16.1. The molecular formula is C16H13ClO2. The van der Waals surface area contributed by atoms with Crippen LogP contribution in [-0.4, -0.2) is 11.1 Å². The molecule has 0 aliphatic heterocycles. The van der Waals surface area contributed by atoms with E-state index < -0.39 is 11.4 Å².